The van der Waals surface area contributed by atoms with Gasteiger partial charge in [0.25, 0.3) is 0 Å². The molecule has 3 N–H and O–H groups in total. The average Bonchev–Trinajstić information content (AvgIpc) is 2.17. The van der Waals surface area contributed by atoms with Gasteiger partial charge in [0, 0.05) is 16.6 Å². The third-order valence-electron chi connectivity index (χ3n) is 2.12. The highest BCUT2D eigenvalue weighted by atomic mass is 79.9. The predicted molar refractivity (Wildman–Crippen MR) is 61.2 cm³/mol. The van der Waals surface area contributed by atoms with E-state index in [9.17, 15) is 14.6 Å². The maximum Gasteiger partial charge on any atom is 0.197 e. The highest BCUT2D eigenvalue weighted by molar-refractivity contribution is 9.10. The third kappa shape index (κ3) is 2.45. The second-order valence-corrected chi connectivity index (χ2v) is 4.07. The molecule has 0 aliphatic heterocycles. The molecule has 1 aromatic rings. The first-order chi connectivity index (χ1) is 7.52. The minimum absolute atomic E-state index is 0.0593. The summed E-state index contributed by atoms with van der Waals surface area (Å²) in [6.07, 6.45) is -1.02. The van der Waals surface area contributed by atoms with E-state index in [0.717, 1.165) is 0 Å². The van der Waals surface area contributed by atoms with E-state index in [1.165, 1.54) is 13.2 Å². The Balaban J connectivity index is 3.27. The van der Waals surface area contributed by atoms with Crippen LogP contribution in [0.25, 0.3) is 0 Å². The lowest BCUT2D eigenvalue weighted by atomic mass is 10.1. The van der Waals surface area contributed by atoms with Crippen LogP contribution in [0.15, 0.2) is 10.5 Å². The van der Waals surface area contributed by atoms with Gasteiger partial charge in [-0.05, 0) is 13.1 Å². The summed E-state index contributed by atoms with van der Waals surface area (Å²) in [5, 5.41) is 21.9. The van der Waals surface area contributed by atoms with Crippen molar-refractivity contribution >= 4 is 15.9 Å². The number of nitrogens with one attached hydrogen (secondary N) is 1. The third-order valence-corrected chi connectivity index (χ3v) is 2.78. The first-order valence-electron chi connectivity index (χ1n) is 4.60. The fraction of sp³-hybridized carbons (Fsp3) is 0.400. The van der Waals surface area contributed by atoms with Crippen molar-refractivity contribution in [2.45, 2.75) is 6.10 Å². The van der Waals surface area contributed by atoms with Crippen LogP contribution >= 0.6 is 15.9 Å². The summed E-state index contributed by atoms with van der Waals surface area (Å²) in [6.45, 7) is 0.198. The van der Waals surface area contributed by atoms with Gasteiger partial charge < -0.3 is 20.3 Å². The van der Waals surface area contributed by atoms with Crippen molar-refractivity contribution < 1.29 is 19.3 Å². The van der Waals surface area contributed by atoms with Gasteiger partial charge in [-0.25, -0.2) is 4.39 Å². The number of aliphatic hydroxyl groups is 1. The Kier molecular flexibility index (Phi) is 4.52. The molecule has 0 amide bonds. The van der Waals surface area contributed by atoms with Gasteiger partial charge >= 0.3 is 0 Å². The molecule has 0 saturated heterocycles. The van der Waals surface area contributed by atoms with Crippen LogP contribution < -0.4 is 10.1 Å². The van der Waals surface area contributed by atoms with Gasteiger partial charge in [0.1, 0.15) is 0 Å². The number of ether oxygens (including phenoxy) is 1. The summed E-state index contributed by atoms with van der Waals surface area (Å²) < 4.78 is 18.9. The molecule has 0 radical (unpaired) electrons. The van der Waals surface area contributed by atoms with Crippen LogP contribution in [0.3, 0.4) is 0 Å². The van der Waals surface area contributed by atoms with Gasteiger partial charge in [-0.1, -0.05) is 15.9 Å². The minimum atomic E-state index is -1.02. The van der Waals surface area contributed by atoms with Gasteiger partial charge in [-0.3, -0.25) is 0 Å². The molecule has 0 fully saturated rings. The Morgan fingerprint density at radius 2 is 2.25 bits per heavy atom. The number of methoxy groups -OCH3 is 1. The molecule has 6 heteroatoms. The normalized spacial score (nSPS) is 12.6. The minimum Gasteiger partial charge on any atom is -0.504 e. The Bertz CT molecular complexity index is 387. The number of hydrogen-bond acceptors (Lipinski definition) is 4. The molecule has 0 aliphatic carbocycles. The molecule has 1 unspecified atom stereocenters. The first kappa shape index (κ1) is 13.2. The van der Waals surface area contributed by atoms with Gasteiger partial charge in [0.2, 0.25) is 0 Å². The summed E-state index contributed by atoms with van der Waals surface area (Å²) in [5.74, 6) is -1.35. The molecule has 16 heavy (non-hydrogen) atoms. The standard InChI is InChI=1S/C10H13BrFNO3/c1-13-4-7(15)8-5(11)3-6(14)10(16-2)9(8)12/h3,7,13-15H,4H2,1-2H3. The number of benzene rings is 1. The Hall–Kier alpha value is -0.850. The maximum absolute atomic E-state index is 13.9. The van der Waals surface area contributed by atoms with Crippen LogP contribution in [0.1, 0.15) is 11.7 Å². The zero-order valence-corrected chi connectivity index (χ0v) is 10.5. The zero-order valence-electron chi connectivity index (χ0n) is 8.92. The van der Waals surface area contributed by atoms with Crippen molar-refractivity contribution in [1.29, 1.82) is 0 Å². The smallest absolute Gasteiger partial charge is 0.197 e. The van der Waals surface area contributed by atoms with Crippen LogP contribution in [-0.2, 0) is 0 Å². The van der Waals surface area contributed by atoms with E-state index in [2.05, 4.69) is 21.2 Å². The summed E-state index contributed by atoms with van der Waals surface area (Å²) in [6, 6.07) is 1.29. The fourth-order valence-corrected chi connectivity index (χ4v) is 2.05. The van der Waals surface area contributed by atoms with E-state index in [-0.39, 0.29) is 23.6 Å². The quantitative estimate of drug-likeness (QED) is 0.788. The van der Waals surface area contributed by atoms with Crippen molar-refractivity contribution in [3.63, 3.8) is 0 Å². The van der Waals surface area contributed by atoms with Crippen LogP contribution in [0.5, 0.6) is 11.5 Å². The SMILES string of the molecule is CNCC(O)c1c(Br)cc(O)c(OC)c1F. The van der Waals surface area contributed by atoms with Crippen LogP contribution in [-0.4, -0.2) is 30.9 Å². The molecule has 0 aromatic heterocycles. The zero-order chi connectivity index (χ0) is 12.3. The fourth-order valence-electron chi connectivity index (χ4n) is 1.40. The number of aliphatic hydroxyl groups excluding tert-OH is 1. The molecule has 4 nitrogen and oxygen atoms in total. The van der Waals surface area contributed by atoms with E-state index < -0.39 is 11.9 Å². The van der Waals surface area contributed by atoms with Crippen LogP contribution in [0.4, 0.5) is 4.39 Å². The largest absolute Gasteiger partial charge is 0.504 e. The Morgan fingerprint density at radius 3 is 2.75 bits per heavy atom. The molecule has 0 heterocycles. The highest BCUT2D eigenvalue weighted by Gasteiger charge is 2.22. The van der Waals surface area contributed by atoms with Crippen molar-refractivity contribution in [3.05, 3.63) is 21.9 Å². The molecule has 0 saturated carbocycles. The number of halogens is 2. The first-order valence-corrected chi connectivity index (χ1v) is 5.39. The second-order valence-electron chi connectivity index (χ2n) is 3.21. The van der Waals surface area contributed by atoms with Crippen molar-refractivity contribution in [3.8, 4) is 11.5 Å². The second kappa shape index (κ2) is 5.47. The summed E-state index contributed by atoms with van der Waals surface area (Å²) in [7, 11) is 2.90. The number of phenols is 1. The summed E-state index contributed by atoms with van der Waals surface area (Å²) >= 11 is 3.09. The molecule has 0 bridgehead atoms. The van der Waals surface area contributed by atoms with Crippen LogP contribution in [0.2, 0.25) is 0 Å². The molecule has 1 rings (SSSR count). The topological polar surface area (TPSA) is 61.7 Å². The van der Waals surface area contributed by atoms with Gasteiger partial charge in [0.15, 0.2) is 17.3 Å². The molecule has 1 atom stereocenters. The lowest BCUT2D eigenvalue weighted by Gasteiger charge is -2.16. The van der Waals surface area contributed by atoms with Crippen molar-refractivity contribution in [2.24, 2.45) is 0 Å². The van der Waals surface area contributed by atoms with Crippen molar-refractivity contribution in [1.82, 2.24) is 5.32 Å². The molecule has 0 aliphatic rings. The van der Waals surface area contributed by atoms with Gasteiger partial charge in [0.05, 0.1) is 13.2 Å². The van der Waals surface area contributed by atoms with E-state index in [1.54, 1.807) is 7.05 Å². The highest BCUT2D eigenvalue weighted by Crippen LogP contribution is 2.38. The van der Waals surface area contributed by atoms with Crippen molar-refractivity contribution in [2.75, 3.05) is 20.7 Å². The molecule has 0 spiro atoms. The summed E-state index contributed by atoms with van der Waals surface area (Å²) in [5.41, 5.74) is 0.0593. The van der Waals surface area contributed by atoms with E-state index in [4.69, 9.17) is 4.74 Å². The maximum atomic E-state index is 13.9. The molecular weight excluding hydrogens is 281 g/mol. The van der Waals surface area contributed by atoms with Gasteiger partial charge in [-0.15, -0.1) is 0 Å². The molecular formula is C10H13BrFNO3. The van der Waals surface area contributed by atoms with Gasteiger partial charge in [-0.2, -0.15) is 0 Å². The number of hydrogen-bond donors (Lipinski definition) is 3. The monoisotopic (exact) mass is 293 g/mol. The number of phenolic OH excluding ortho intramolecular Hbond substituents is 1. The predicted octanol–water partition coefficient (Wildman–Crippen LogP) is 1.56. The molecule has 1 aromatic carbocycles. The van der Waals surface area contributed by atoms with E-state index in [0.29, 0.717) is 4.47 Å². The number of aromatic hydroxyl groups is 1. The van der Waals surface area contributed by atoms with Crippen LogP contribution in [0, 0.1) is 5.82 Å². The average molecular weight is 294 g/mol. The van der Waals surface area contributed by atoms with E-state index >= 15 is 0 Å². The number of likely N-dealkylation sites (N-methyl/N-ethyl adjacent to an activating group) is 1. The molecule has 90 valence electrons. The Labute approximate surface area is 101 Å². The van der Waals surface area contributed by atoms with E-state index in [1.807, 2.05) is 0 Å². The number of rotatable bonds is 4. The summed E-state index contributed by atoms with van der Waals surface area (Å²) in [4.78, 5) is 0. The lowest BCUT2D eigenvalue weighted by molar-refractivity contribution is 0.170. The Morgan fingerprint density at radius 1 is 1.62 bits per heavy atom. The lowest BCUT2D eigenvalue weighted by Crippen LogP contribution is -2.18.